The van der Waals surface area contributed by atoms with E-state index in [0.29, 0.717) is 18.3 Å². The smallest absolute Gasteiger partial charge is 0.183 e. The van der Waals surface area contributed by atoms with Crippen molar-refractivity contribution in [2.75, 3.05) is 24.6 Å². The lowest BCUT2D eigenvalue weighted by atomic mass is 9.98. The molecule has 1 aliphatic rings. The van der Waals surface area contributed by atoms with E-state index < -0.39 is 0 Å². The summed E-state index contributed by atoms with van der Waals surface area (Å²) in [7, 11) is 0. The Morgan fingerprint density at radius 2 is 1.95 bits per heavy atom. The van der Waals surface area contributed by atoms with Crippen LogP contribution >= 0.6 is 0 Å². The summed E-state index contributed by atoms with van der Waals surface area (Å²) in [6.45, 7) is 2.26. The lowest BCUT2D eigenvalue weighted by Crippen LogP contribution is -2.36. The lowest BCUT2D eigenvalue weighted by molar-refractivity contribution is 0.222. The second kappa shape index (κ2) is 6.47. The molecule has 0 spiro atoms. The highest BCUT2D eigenvalue weighted by molar-refractivity contribution is 5.38. The minimum atomic E-state index is -0.357. The monoisotopic (exact) mass is 288 g/mol. The molecule has 1 aliphatic heterocycles. The zero-order chi connectivity index (χ0) is 14.5. The normalized spacial score (nSPS) is 16.0. The zero-order valence-electron chi connectivity index (χ0n) is 11.7. The fraction of sp³-hybridized carbons (Fsp3) is 0.400. The quantitative estimate of drug-likeness (QED) is 0.864. The molecule has 1 saturated heterocycles. The summed E-state index contributed by atoms with van der Waals surface area (Å²) < 4.78 is 19.4. The fourth-order valence-electron chi connectivity index (χ4n) is 2.50. The van der Waals surface area contributed by atoms with Gasteiger partial charge in [-0.2, -0.15) is 0 Å². The SMILES string of the molecule is Fc1cncnc1N1CCC(COc2ccncc2)CC1. The van der Waals surface area contributed by atoms with E-state index in [1.54, 1.807) is 12.4 Å². The van der Waals surface area contributed by atoms with Crippen molar-refractivity contribution < 1.29 is 9.13 Å². The van der Waals surface area contributed by atoms with Crippen LogP contribution in [0.1, 0.15) is 12.8 Å². The molecular weight excluding hydrogens is 271 g/mol. The minimum Gasteiger partial charge on any atom is -0.493 e. The number of pyridine rings is 1. The molecule has 0 aliphatic carbocycles. The average Bonchev–Trinajstić information content (AvgIpc) is 2.55. The summed E-state index contributed by atoms with van der Waals surface area (Å²) >= 11 is 0. The Labute approximate surface area is 122 Å². The summed E-state index contributed by atoms with van der Waals surface area (Å²) in [5.74, 6) is 1.37. The first-order valence-electron chi connectivity index (χ1n) is 7.06. The first-order chi connectivity index (χ1) is 10.3. The molecule has 0 N–H and O–H groups in total. The van der Waals surface area contributed by atoms with Crippen LogP contribution in [0, 0.1) is 11.7 Å². The molecule has 6 heteroatoms. The molecule has 0 radical (unpaired) electrons. The Balaban J connectivity index is 1.50. The largest absolute Gasteiger partial charge is 0.493 e. The number of rotatable bonds is 4. The van der Waals surface area contributed by atoms with Gasteiger partial charge in [0, 0.05) is 25.5 Å². The average molecular weight is 288 g/mol. The molecular formula is C15H17FN4O. The van der Waals surface area contributed by atoms with Gasteiger partial charge in [-0.3, -0.25) is 4.98 Å². The van der Waals surface area contributed by atoms with E-state index >= 15 is 0 Å². The maximum atomic E-state index is 13.6. The summed E-state index contributed by atoms with van der Waals surface area (Å²) in [5.41, 5.74) is 0. The van der Waals surface area contributed by atoms with Crippen LogP contribution in [0.3, 0.4) is 0 Å². The molecule has 1 fully saturated rings. The van der Waals surface area contributed by atoms with E-state index in [4.69, 9.17) is 4.74 Å². The van der Waals surface area contributed by atoms with Crippen molar-refractivity contribution in [3.63, 3.8) is 0 Å². The van der Waals surface area contributed by atoms with Crippen molar-refractivity contribution in [1.82, 2.24) is 15.0 Å². The van der Waals surface area contributed by atoms with Crippen molar-refractivity contribution in [2.24, 2.45) is 5.92 Å². The molecule has 2 aromatic heterocycles. The molecule has 3 heterocycles. The van der Waals surface area contributed by atoms with Crippen LogP contribution in [-0.4, -0.2) is 34.6 Å². The minimum absolute atomic E-state index is 0.357. The van der Waals surface area contributed by atoms with Crippen molar-refractivity contribution in [3.8, 4) is 5.75 Å². The summed E-state index contributed by atoms with van der Waals surface area (Å²) in [4.78, 5) is 13.6. The van der Waals surface area contributed by atoms with Crippen molar-refractivity contribution >= 4 is 5.82 Å². The van der Waals surface area contributed by atoms with Crippen molar-refractivity contribution in [3.05, 3.63) is 42.9 Å². The van der Waals surface area contributed by atoms with Gasteiger partial charge in [0.25, 0.3) is 0 Å². The number of piperidine rings is 1. The number of halogens is 1. The van der Waals surface area contributed by atoms with Crippen LogP contribution in [0.4, 0.5) is 10.2 Å². The molecule has 0 saturated carbocycles. The highest BCUT2D eigenvalue weighted by Crippen LogP contribution is 2.24. The molecule has 0 amide bonds. The maximum absolute atomic E-state index is 13.6. The molecule has 0 bridgehead atoms. The summed E-state index contributed by atoms with van der Waals surface area (Å²) in [5, 5.41) is 0. The molecule has 21 heavy (non-hydrogen) atoms. The molecule has 0 unspecified atom stereocenters. The number of ether oxygens (including phenoxy) is 1. The van der Waals surface area contributed by atoms with Crippen LogP contribution in [0.15, 0.2) is 37.1 Å². The van der Waals surface area contributed by atoms with Gasteiger partial charge in [-0.05, 0) is 30.9 Å². The first-order valence-corrected chi connectivity index (χ1v) is 7.06. The maximum Gasteiger partial charge on any atom is 0.183 e. The Hall–Kier alpha value is -2.24. The van der Waals surface area contributed by atoms with Crippen molar-refractivity contribution in [2.45, 2.75) is 12.8 Å². The fourth-order valence-corrected chi connectivity index (χ4v) is 2.50. The van der Waals surface area contributed by atoms with Gasteiger partial charge < -0.3 is 9.64 Å². The van der Waals surface area contributed by atoms with E-state index in [2.05, 4.69) is 15.0 Å². The van der Waals surface area contributed by atoms with E-state index in [1.807, 2.05) is 17.0 Å². The van der Waals surface area contributed by atoms with Gasteiger partial charge in [0.15, 0.2) is 11.6 Å². The standard InChI is InChI=1S/C15H17FN4O/c16-14-9-18-11-19-15(14)20-7-3-12(4-8-20)10-21-13-1-5-17-6-2-13/h1-2,5-6,9,11-12H,3-4,7-8,10H2. The third kappa shape index (κ3) is 3.45. The van der Waals surface area contributed by atoms with Gasteiger partial charge in [-0.25, -0.2) is 14.4 Å². The Kier molecular flexibility index (Phi) is 4.23. The molecule has 110 valence electrons. The van der Waals surface area contributed by atoms with Gasteiger partial charge in [-0.1, -0.05) is 0 Å². The highest BCUT2D eigenvalue weighted by Gasteiger charge is 2.22. The Bertz CT molecular complexity index is 573. The van der Waals surface area contributed by atoms with Crippen LogP contribution < -0.4 is 9.64 Å². The first kappa shape index (κ1) is 13.7. The topological polar surface area (TPSA) is 51.1 Å². The molecule has 5 nitrogen and oxygen atoms in total. The second-order valence-electron chi connectivity index (χ2n) is 5.12. The predicted octanol–water partition coefficient (Wildman–Crippen LogP) is 2.31. The number of aromatic nitrogens is 3. The molecule has 2 aromatic rings. The van der Waals surface area contributed by atoms with E-state index in [0.717, 1.165) is 31.7 Å². The van der Waals surface area contributed by atoms with Gasteiger partial charge in [0.1, 0.15) is 12.1 Å². The summed E-state index contributed by atoms with van der Waals surface area (Å²) in [6, 6.07) is 3.71. The van der Waals surface area contributed by atoms with Crippen LogP contribution in [0.25, 0.3) is 0 Å². The van der Waals surface area contributed by atoms with Crippen molar-refractivity contribution in [1.29, 1.82) is 0 Å². The zero-order valence-corrected chi connectivity index (χ0v) is 11.7. The van der Waals surface area contributed by atoms with Gasteiger partial charge >= 0.3 is 0 Å². The van der Waals surface area contributed by atoms with Crippen LogP contribution in [-0.2, 0) is 0 Å². The summed E-state index contributed by atoms with van der Waals surface area (Å²) in [6.07, 6.45) is 7.97. The van der Waals surface area contributed by atoms with Gasteiger partial charge in [0.05, 0.1) is 12.8 Å². The van der Waals surface area contributed by atoms with E-state index in [1.165, 1.54) is 12.5 Å². The molecule has 3 rings (SSSR count). The second-order valence-corrected chi connectivity index (χ2v) is 5.12. The number of hydrogen-bond donors (Lipinski definition) is 0. The number of nitrogens with zero attached hydrogens (tertiary/aromatic N) is 4. The van der Waals surface area contributed by atoms with Gasteiger partial charge in [0.2, 0.25) is 0 Å². The van der Waals surface area contributed by atoms with Crippen LogP contribution in [0.2, 0.25) is 0 Å². The van der Waals surface area contributed by atoms with Crippen LogP contribution in [0.5, 0.6) is 5.75 Å². The number of hydrogen-bond acceptors (Lipinski definition) is 5. The lowest BCUT2D eigenvalue weighted by Gasteiger charge is -2.32. The third-order valence-electron chi connectivity index (χ3n) is 3.70. The van der Waals surface area contributed by atoms with E-state index in [-0.39, 0.29) is 5.82 Å². The number of anilines is 1. The predicted molar refractivity (Wildman–Crippen MR) is 76.7 cm³/mol. The molecule has 0 aromatic carbocycles. The Morgan fingerprint density at radius 3 is 2.67 bits per heavy atom. The Morgan fingerprint density at radius 1 is 1.19 bits per heavy atom. The van der Waals surface area contributed by atoms with Gasteiger partial charge in [-0.15, -0.1) is 0 Å². The highest BCUT2D eigenvalue weighted by atomic mass is 19.1. The molecule has 0 atom stereocenters. The van der Waals surface area contributed by atoms with E-state index in [9.17, 15) is 4.39 Å². The third-order valence-corrected chi connectivity index (χ3v) is 3.70.